The number of hydrogen-bond donors (Lipinski definition) is 1. The fraction of sp³-hybridized carbons (Fsp3) is 0.385. The maximum absolute atomic E-state index is 10.8. The predicted molar refractivity (Wildman–Crippen MR) is 64.8 cm³/mol. The smallest absolute Gasteiger partial charge is 0.335 e. The number of ether oxygens (including phenoxy) is 2. The second kappa shape index (κ2) is 7.32. The minimum absolute atomic E-state index is 0.221. The monoisotopic (exact) mass is 252 g/mol. The molecule has 0 amide bonds. The molecule has 0 saturated carbocycles. The standard InChI is InChI=1S/C13H16O5/c1-17-12(14)4-2-3-9-18-11-7-5-10(6-8-11)13(15)16/h5-8H,2-4,9H2,1H3,(H,15,16). The van der Waals surface area contributed by atoms with Crippen molar-refractivity contribution in [3.63, 3.8) is 0 Å². The van der Waals surface area contributed by atoms with Crippen molar-refractivity contribution < 1.29 is 24.2 Å². The van der Waals surface area contributed by atoms with E-state index >= 15 is 0 Å². The molecule has 0 aromatic heterocycles. The summed E-state index contributed by atoms with van der Waals surface area (Å²) in [7, 11) is 1.36. The molecular formula is C13H16O5. The highest BCUT2D eigenvalue weighted by molar-refractivity contribution is 5.87. The molecule has 0 aliphatic heterocycles. The van der Waals surface area contributed by atoms with Crippen LogP contribution in [0.5, 0.6) is 5.75 Å². The normalized spacial score (nSPS) is 9.83. The second-order valence-electron chi connectivity index (χ2n) is 3.71. The Hall–Kier alpha value is -2.04. The van der Waals surface area contributed by atoms with E-state index in [1.807, 2.05) is 0 Å². The van der Waals surface area contributed by atoms with Crippen LogP contribution in [0.15, 0.2) is 24.3 Å². The first-order valence-corrected chi connectivity index (χ1v) is 5.66. The summed E-state index contributed by atoms with van der Waals surface area (Å²) in [5.41, 5.74) is 0.230. The summed E-state index contributed by atoms with van der Waals surface area (Å²) < 4.78 is 9.93. The lowest BCUT2D eigenvalue weighted by molar-refractivity contribution is -0.140. The fourth-order valence-electron chi connectivity index (χ4n) is 1.36. The maximum Gasteiger partial charge on any atom is 0.335 e. The van der Waals surface area contributed by atoms with Crippen LogP contribution in [-0.4, -0.2) is 30.8 Å². The summed E-state index contributed by atoms with van der Waals surface area (Å²) in [6.45, 7) is 0.489. The van der Waals surface area contributed by atoms with E-state index in [-0.39, 0.29) is 11.5 Å². The van der Waals surface area contributed by atoms with Gasteiger partial charge >= 0.3 is 11.9 Å². The van der Waals surface area contributed by atoms with Gasteiger partial charge in [0.05, 0.1) is 19.3 Å². The van der Waals surface area contributed by atoms with Crippen molar-refractivity contribution in [3.05, 3.63) is 29.8 Å². The van der Waals surface area contributed by atoms with Gasteiger partial charge in [-0.2, -0.15) is 0 Å². The highest BCUT2D eigenvalue weighted by atomic mass is 16.5. The SMILES string of the molecule is COC(=O)CCCCOc1ccc(C(=O)O)cc1. The van der Waals surface area contributed by atoms with Gasteiger partial charge in [0.2, 0.25) is 0 Å². The first kappa shape index (κ1) is 14.0. The topological polar surface area (TPSA) is 72.8 Å². The lowest BCUT2D eigenvalue weighted by Crippen LogP contribution is -2.03. The number of carboxylic acid groups (broad SMARTS) is 1. The Labute approximate surface area is 105 Å². The van der Waals surface area contributed by atoms with Gasteiger partial charge in [-0.3, -0.25) is 4.79 Å². The molecule has 0 atom stereocenters. The summed E-state index contributed by atoms with van der Waals surface area (Å²) in [6, 6.07) is 6.21. The number of rotatable bonds is 7. The molecule has 0 aliphatic rings. The molecule has 0 radical (unpaired) electrons. The number of benzene rings is 1. The third kappa shape index (κ3) is 4.86. The van der Waals surface area contributed by atoms with E-state index < -0.39 is 5.97 Å². The average Bonchev–Trinajstić information content (AvgIpc) is 2.38. The van der Waals surface area contributed by atoms with Crippen LogP contribution < -0.4 is 4.74 Å². The molecule has 0 fully saturated rings. The van der Waals surface area contributed by atoms with E-state index in [0.29, 0.717) is 25.2 Å². The van der Waals surface area contributed by atoms with Crippen molar-refractivity contribution in [1.82, 2.24) is 0 Å². The zero-order valence-corrected chi connectivity index (χ0v) is 10.2. The van der Waals surface area contributed by atoms with Crippen LogP contribution in [0.25, 0.3) is 0 Å². The molecule has 0 unspecified atom stereocenters. The minimum Gasteiger partial charge on any atom is -0.494 e. The molecule has 1 aromatic carbocycles. The molecule has 98 valence electrons. The number of methoxy groups -OCH3 is 1. The molecule has 0 heterocycles. The number of unbranched alkanes of at least 4 members (excludes halogenated alkanes) is 1. The summed E-state index contributed by atoms with van der Waals surface area (Å²) in [6.07, 6.45) is 1.84. The van der Waals surface area contributed by atoms with Gasteiger partial charge in [-0.15, -0.1) is 0 Å². The highest BCUT2D eigenvalue weighted by Crippen LogP contribution is 2.12. The van der Waals surface area contributed by atoms with Crippen LogP contribution in [0.3, 0.4) is 0 Å². The van der Waals surface area contributed by atoms with Crippen LogP contribution in [0, 0.1) is 0 Å². The van der Waals surface area contributed by atoms with Gasteiger partial charge < -0.3 is 14.6 Å². The van der Waals surface area contributed by atoms with Crippen molar-refractivity contribution in [2.75, 3.05) is 13.7 Å². The zero-order chi connectivity index (χ0) is 13.4. The fourth-order valence-corrected chi connectivity index (χ4v) is 1.36. The van der Waals surface area contributed by atoms with Crippen LogP contribution in [-0.2, 0) is 9.53 Å². The van der Waals surface area contributed by atoms with E-state index in [0.717, 1.165) is 6.42 Å². The van der Waals surface area contributed by atoms with Crippen molar-refractivity contribution in [1.29, 1.82) is 0 Å². The molecular weight excluding hydrogens is 236 g/mol. The molecule has 18 heavy (non-hydrogen) atoms. The molecule has 1 rings (SSSR count). The van der Waals surface area contributed by atoms with Crippen LogP contribution in [0.2, 0.25) is 0 Å². The van der Waals surface area contributed by atoms with Gasteiger partial charge in [0.1, 0.15) is 5.75 Å². The van der Waals surface area contributed by atoms with E-state index in [4.69, 9.17) is 9.84 Å². The molecule has 0 aliphatic carbocycles. The van der Waals surface area contributed by atoms with E-state index in [1.54, 1.807) is 12.1 Å². The number of carbonyl (C=O) groups is 2. The van der Waals surface area contributed by atoms with Crippen molar-refractivity contribution in [2.45, 2.75) is 19.3 Å². The first-order valence-electron chi connectivity index (χ1n) is 5.66. The Morgan fingerprint density at radius 2 is 1.83 bits per heavy atom. The van der Waals surface area contributed by atoms with Gasteiger partial charge in [-0.05, 0) is 37.1 Å². The van der Waals surface area contributed by atoms with Gasteiger partial charge in [-0.1, -0.05) is 0 Å². The average molecular weight is 252 g/mol. The number of aromatic carboxylic acids is 1. The quantitative estimate of drug-likeness (QED) is 0.594. The van der Waals surface area contributed by atoms with Crippen LogP contribution >= 0.6 is 0 Å². The number of carboxylic acids is 1. The van der Waals surface area contributed by atoms with Gasteiger partial charge in [0, 0.05) is 6.42 Å². The lowest BCUT2D eigenvalue weighted by Gasteiger charge is -2.05. The second-order valence-corrected chi connectivity index (χ2v) is 3.71. The summed E-state index contributed by atoms with van der Waals surface area (Å²) in [5, 5.41) is 8.71. The summed E-state index contributed by atoms with van der Waals surface area (Å²) >= 11 is 0. The van der Waals surface area contributed by atoms with E-state index in [1.165, 1.54) is 19.2 Å². The summed E-state index contributed by atoms with van der Waals surface area (Å²) in [5.74, 6) is -0.557. The highest BCUT2D eigenvalue weighted by Gasteiger charge is 2.02. The molecule has 5 heteroatoms. The lowest BCUT2D eigenvalue weighted by atomic mass is 10.2. The minimum atomic E-state index is -0.959. The Balaban J connectivity index is 2.23. The molecule has 0 spiro atoms. The molecule has 5 nitrogen and oxygen atoms in total. The molecule has 0 bridgehead atoms. The Morgan fingerprint density at radius 3 is 2.39 bits per heavy atom. The van der Waals surface area contributed by atoms with E-state index in [9.17, 15) is 9.59 Å². The Morgan fingerprint density at radius 1 is 1.17 bits per heavy atom. The number of hydrogen-bond acceptors (Lipinski definition) is 4. The van der Waals surface area contributed by atoms with Gasteiger partial charge in [-0.25, -0.2) is 4.79 Å². The third-order valence-electron chi connectivity index (χ3n) is 2.37. The largest absolute Gasteiger partial charge is 0.494 e. The molecule has 1 N–H and O–H groups in total. The number of carbonyl (C=O) groups excluding carboxylic acids is 1. The van der Waals surface area contributed by atoms with Gasteiger partial charge in [0.15, 0.2) is 0 Å². The maximum atomic E-state index is 10.8. The Kier molecular flexibility index (Phi) is 5.70. The summed E-state index contributed by atoms with van der Waals surface area (Å²) in [4.78, 5) is 21.4. The molecule has 1 aromatic rings. The van der Waals surface area contributed by atoms with Crippen LogP contribution in [0.1, 0.15) is 29.6 Å². The van der Waals surface area contributed by atoms with Crippen LogP contribution in [0.4, 0.5) is 0 Å². The van der Waals surface area contributed by atoms with Crippen molar-refractivity contribution in [3.8, 4) is 5.75 Å². The van der Waals surface area contributed by atoms with Crippen molar-refractivity contribution in [2.24, 2.45) is 0 Å². The third-order valence-corrected chi connectivity index (χ3v) is 2.37. The predicted octanol–water partition coefficient (Wildman–Crippen LogP) is 2.11. The number of esters is 1. The van der Waals surface area contributed by atoms with Crippen molar-refractivity contribution >= 4 is 11.9 Å². The molecule has 0 saturated heterocycles. The zero-order valence-electron chi connectivity index (χ0n) is 10.2. The van der Waals surface area contributed by atoms with E-state index in [2.05, 4.69) is 4.74 Å². The first-order chi connectivity index (χ1) is 8.63. The van der Waals surface area contributed by atoms with Gasteiger partial charge in [0.25, 0.3) is 0 Å². The Bertz CT molecular complexity index is 396.